The van der Waals surface area contributed by atoms with Gasteiger partial charge in [-0.1, -0.05) is 71.1 Å². The number of carbonyl (C=O) groups is 1. The van der Waals surface area contributed by atoms with E-state index >= 15 is 0 Å². The Hall–Kier alpha value is -1.59. The van der Waals surface area contributed by atoms with Crippen LogP contribution >= 0.6 is 0 Å². The molecule has 0 spiro atoms. The minimum Gasteiger partial charge on any atom is -0.462 e. The zero-order chi connectivity index (χ0) is 20.1. The van der Waals surface area contributed by atoms with Crippen LogP contribution < -0.4 is 0 Å². The van der Waals surface area contributed by atoms with Crippen LogP contribution in [0.4, 0.5) is 17.6 Å². The van der Waals surface area contributed by atoms with Gasteiger partial charge in [0, 0.05) is 0 Å². The molecule has 0 N–H and O–H groups in total. The van der Waals surface area contributed by atoms with Crippen LogP contribution in [-0.4, -0.2) is 12.6 Å². The molecule has 0 saturated carbocycles. The van der Waals surface area contributed by atoms with E-state index in [2.05, 4.69) is 6.92 Å². The second-order valence-electron chi connectivity index (χ2n) is 6.86. The zero-order valence-corrected chi connectivity index (χ0v) is 16.0. The Labute approximate surface area is 159 Å². The lowest BCUT2D eigenvalue weighted by Gasteiger charge is -2.12. The first-order chi connectivity index (χ1) is 12.9. The molecular formula is C21H30F4O2. The van der Waals surface area contributed by atoms with E-state index in [0.717, 1.165) is 19.3 Å². The SMILES string of the molecule is CCCCCCCCCCCCCOC(=O)c1cc(F)ccc1C(F)(F)F. The van der Waals surface area contributed by atoms with Gasteiger partial charge in [-0.3, -0.25) is 0 Å². The summed E-state index contributed by atoms with van der Waals surface area (Å²) >= 11 is 0. The maximum absolute atomic E-state index is 13.2. The van der Waals surface area contributed by atoms with Crippen molar-refractivity contribution in [1.82, 2.24) is 0 Å². The van der Waals surface area contributed by atoms with Crippen LogP contribution in [-0.2, 0) is 10.9 Å². The predicted molar refractivity (Wildman–Crippen MR) is 98.1 cm³/mol. The maximum Gasteiger partial charge on any atom is 0.417 e. The Morgan fingerprint density at radius 3 is 1.93 bits per heavy atom. The summed E-state index contributed by atoms with van der Waals surface area (Å²) in [5, 5.41) is 0. The van der Waals surface area contributed by atoms with Gasteiger partial charge in [-0.05, 0) is 24.6 Å². The highest BCUT2D eigenvalue weighted by molar-refractivity contribution is 5.91. The largest absolute Gasteiger partial charge is 0.462 e. The first kappa shape index (κ1) is 23.4. The molecule has 0 aliphatic carbocycles. The molecular weight excluding hydrogens is 360 g/mol. The zero-order valence-electron chi connectivity index (χ0n) is 16.0. The molecule has 1 aromatic rings. The molecule has 0 saturated heterocycles. The van der Waals surface area contributed by atoms with Crippen LogP contribution in [0.25, 0.3) is 0 Å². The van der Waals surface area contributed by atoms with Crippen LogP contribution in [0.5, 0.6) is 0 Å². The third kappa shape index (κ3) is 9.78. The van der Waals surface area contributed by atoms with E-state index in [9.17, 15) is 22.4 Å². The number of benzene rings is 1. The number of alkyl halides is 3. The third-order valence-electron chi connectivity index (χ3n) is 4.49. The van der Waals surface area contributed by atoms with E-state index in [-0.39, 0.29) is 6.61 Å². The fourth-order valence-corrected chi connectivity index (χ4v) is 2.94. The average Bonchev–Trinajstić information content (AvgIpc) is 2.61. The van der Waals surface area contributed by atoms with E-state index in [4.69, 9.17) is 4.74 Å². The second-order valence-corrected chi connectivity index (χ2v) is 6.86. The molecule has 0 radical (unpaired) electrons. The topological polar surface area (TPSA) is 26.3 Å². The Balaban J connectivity index is 2.19. The fraction of sp³-hybridized carbons (Fsp3) is 0.667. The first-order valence-electron chi connectivity index (χ1n) is 9.90. The lowest BCUT2D eigenvalue weighted by Crippen LogP contribution is -2.16. The van der Waals surface area contributed by atoms with Crippen molar-refractivity contribution in [3.05, 3.63) is 35.1 Å². The van der Waals surface area contributed by atoms with Gasteiger partial charge in [0.25, 0.3) is 0 Å². The molecule has 0 aliphatic heterocycles. The second kappa shape index (κ2) is 12.7. The minimum absolute atomic E-state index is 0.0453. The molecule has 27 heavy (non-hydrogen) atoms. The highest BCUT2D eigenvalue weighted by atomic mass is 19.4. The van der Waals surface area contributed by atoms with E-state index in [1.54, 1.807) is 0 Å². The number of hydrogen-bond donors (Lipinski definition) is 0. The van der Waals surface area contributed by atoms with Gasteiger partial charge in [-0.15, -0.1) is 0 Å². The average molecular weight is 390 g/mol. The lowest BCUT2D eigenvalue weighted by atomic mass is 10.1. The van der Waals surface area contributed by atoms with E-state index in [1.165, 1.54) is 44.9 Å². The minimum atomic E-state index is -4.72. The van der Waals surface area contributed by atoms with Crippen LogP contribution in [0.15, 0.2) is 18.2 Å². The third-order valence-corrected chi connectivity index (χ3v) is 4.49. The van der Waals surface area contributed by atoms with Crippen molar-refractivity contribution >= 4 is 5.97 Å². The summed E-state index contributed by atoms with van der Waals surface area (Å²) in [6.45, 7) is 2.24. The molecule has 1 aromatic carbocycles. The maximum atomic E-state index is 13.2. The summed E-state index contributed by atoms with van der Waals surface area (Å²) in [5.41, 5.74) is -1.95. The molecule has 0 bridgehead atoms. The Morgan fingerprint density at radius 2 is 1.41 bits per heavy atom. The Bertz CT molecular complexity index is 556. The quantitative estimate of drug-likeness (QED) is 0.200. The van der Waals surface area contributed by atoms with Gasteiger partial charge in [0.1, 0.15) is 5.82 Å². The summed E-state index contributed by atoms with van der Waals surface area (Å²) in [7, 11) is 0. The summed E-state index contributed by atoms with van der Waals surface area (Å²) in [5.74, 6) is -2.03. The molecule has 0 heterocycles. The van der Waals surface area contributed by atoms with Gasteiger partial charge in [0.15, 0.2) is 0 Å². The molecule has 1 rings (SSSR count). The highest BCUT2D eigenvalue weighted by Gasteiger charge is 2.35. The summed E-state index contributed by atoms with van der Waals surface area (Å²) < 4.78 is 56.8. The van der Waals surface area contributed by atoms with Crippen LogP contribution in [0.2, 0.25) is 0 Å². The number of carbonyl (C=O) groups excluding carboxylic acids is 1. The number of unbranched alkanes of at least 4 members (excludes halogenated alkanes) is 10. The van der Waals surface area contributed by atoms with Crippen LogP contribution in [0.1, 0.15) is 93.5 Å². The summed E-state index contributed by atoms with van der Waals surface area (Å²) in [6, 6.07) is 1.82. The van der Waals surface area contributed by atoms with Crippen molar-refractivity contribution in [3.8, 4) is 0 Å². The van der Waals surface area contributed by atoms with Crippen LogP contribution in [0.3, 0.4) is 0 Å². The van der Waals surface area contributed by atoms with Gasteiger partial charge >= 0.3 is 12.1 Å². The van der Waals surface area contributed by atoms with Gasteiger partial charge < -0.3 is 4.74 Å². The molecule has 0 aromatic heterocycles. The van der Waals surface area contributed by atoms with Crippen molar-refractivity contribution in [1.29, 1.82) is 0 Å². The molecule has 154 valence electrons. The van der Waals surface area contributed by atoms with Gasteiger partial charge in [0.2, 0.25) is 0 Å². The van der Waals surface area contributed by atoms with Crippen molar-refractivity contribution in [2.45, 2.75) is 83.7 Å². The molecule has 0 atom stereocenters. The number of ether oxygens (including phenoxy) is 1. The van der Waals surface area contributed by atoms with Crippen LogP contribution in [0, 0.1) is 5.82 Å². The predicted octanol–water partition coefficient (Wildman–Crippen LogP) is 7.31. The van der Waals surface area contributed by atoms with E-state index in [1.807, 2.05) is 0 Å². The fourth-order valence-electron chi connectivity index (χ4n) is 2.94. The Morgan fingerprint density at radius 1 is 0.889 bits per heavy atom. The number of hydrogen-bond acceptors (Lipinski definition) is 2. The molecule has 0 aliphatic rings. The number of esters is 1. The molecule has 0 unspecified atom stereocenters. The molecule has 0 amide bonds. The number of halogens is 4. The normalized spacial score (nSPS) is 11.6. The number of rotatable bonds is 13. The van der Waals surface area contributed by atoms with Gasteiger partial charge in [0.05, 0.1) is 17.7 Å². The van der Waals surface area contributed by atoms with Crippen molar-refractivity contribution < 1.29 is 27.1 Å². The smallest absolute Gasteiger partial charge is 0.417 e. The van der Waals surface area contributed by atoms with Gasteiger partial charge in [-0.2, -0.15) is 13.2 Å². The van der Waals surface area contributed by atoms with E-state index < -0.39 is 29.1 Å². The summed E-state index contributed by atoms with van der Waals surface area (Å²) in [6.07, 6.45) is 7.71. The standard InChI is InChI=1S/C21H30F4O2/c1-2-3-4-5-6-7-8-9-10-11-12-15-27-20(26)18-16-17(22)13-14-19(18)21(23,24)25/h13-14,16H,2-12,15H2,1H3. The molecule has 0 fully saturated rings. The molecule has 2 nitrogen and oxygen atoms in total. The highest BCUT2D eigenvalue weighted by Crippen LogP contribution is 2.32. The first-order valence-corrected chi connectivity index (χ1v) is 9.90. The summed E-state index contributed by atoms with van der Waals surface area (Å²) in [4.78, 5) is 11.9. The monoisotopic (exact) mass is 390 g/mol. The Kier molecular flexibility index (Phi) is 11.1. The van der Waals surface area contributed by atoms with Crippen molar-refractivity contribution in [2.24, 2.45) is 0 Å². The van der Waals surface area contributed by atoms with Crippen molar-refractivity contribution in [2.75, 3.05) is 6.61 Å². The van der Waals surface area contributed by atoms with E-state index in [0.29, 0.717) is 24.6 Å². The lowest BCUT2D eigenvalue weighted by molar-refractivity contribution is -0.138. The molecule has 6 heteroatoms. The van der Waals surface area contributed by atoms with Gasteiger partial charge in [-0.25, -0.2) is 9.18 Å². The van der Waals surface area contributed by atoms with Crippen molar-refractivity contribution in [3.63, 3.8) is 0 Å².